The molecule has 6 heteroatoms. The van der Waals surface area contributed by atoms with Gasteiger partial charge in [0.25, 0.3) is 0 Å². The Kier molecular flexibility index (Phi) is 4.19. The molecule has 3 rings (SSSR count). The first kappa shape index (κ1) is 16.4. The van der Waals surface area contributed by atoms with Gasteiger partial charge in [-0.1, -0.05) is 24.9 Å². The number of ketones is 1. The van der Waals surface area contributed by atoms with Crippen molar-refractivity contribution in [1.29, 1.82) is 0 Å². The normalized spacial score (nSPS) is 29.3. The van der Waals surface area contributed by atoms with Crippen molar-refractivity contribution in [3.8, 4) is 17.2 Å². The molecule has 0 radical (unpaired) electrons. The second-order valence-electron chi connectivity index (χ2n) is 6.08. The summed E-state index contributed by atoms with van der Waals surface area (Å²) in [6.07, 6.45) is 2.37. The molecule has 23 heavy (non-hydrogen) atoms. The van der Waals surface area contributed by atoms with Crippen LogP contribution in [0.4, 0.5) is 0 Å². The average molecular weight is 341 g/mol. The summed E-state index contributed by atoms with van der Waals surface area (Å²) < 4.78 is 22.5. The van der Waals surface area contributed by atoms with Crippen molar-refractivity contribution in [2.24, 2.45) is 5.92 Å². The Morgan fingerprint density at radius 3 is 2.52 bits per heavy atom. The fraction of sp³-hybridized carbons (Fsp3) is 0.588. The first-order valence-electron chi connectivity index (χ1n) is 7.72. The fourth-order valence-electron chi connectivity index (χ4n) is 3.79. The molecule has 1 aromatic rings. The van der Waals surface area contributed by atoms with Crippen LogP contribution in [0.15, 0.2) is 6.07 Å². The van der Waals surface area contributed by atoms with Gasteiger partial charge in [-0.25, -0.2) is 0 Å². The molecule has 3 atom stereocenters. The van der Waals surface area contributed by atoms with Gasteiger partial charge >= 0.3 is 0 Å². The van der Waals surface area contributed by atoms with Crippen LogP contribution in [0.1, 0.15) is 36.5 Å². The molecular weight excluding hydrogens is 320 g/mol. The molecule has 0 amide bonds. The molecule has 1 unspecified atom stereocenters. The van der Waals surface area contributed by atoms with Gasteiger partial charge in [0.15, 0.2) is 17.1 Å². The van der Waals surface area contributed by atoms with Crippen LogP contribution in [-0.4, -0.2) is 38.8 Å². The van der Waals surface area contributed by atoms with E-state index in [4.69, 9.17) is 30.5 Å². The molecule has 1 aromatic carbocycles. The molecule has 0 saturated heterocycles. The Balaban J connectivity index is 2.20. The number of hydrogen-bond donors (Lipinski definition) is 0. The fourth-order valence-corrected chi connectivity index (χ4v) is 4.10. The Bertz CT molecular complexity index is 644. The number of fused-ring (bicyclic) bond motifs is 1. The van der Waals surface area contributed by atoms with Gasteiger partial charge in [0.2, 0.25) is 5.78 Å². The molecule has 1 aliphatic heterocycles. The molecule has 126 valence electrons. The Morgan fingerprint density at radius 1 is 1.22 bits per heavy atom. The second kappa shape index (κ2) is 5.87. The van der Waals surface area contributed by atoms with Gasteiger partial charge in [-0.2, -0.15) is 0 Å². The molecule has 1 fully saturated rings. The lowest BCUT2D eigenvalue weighted by molar-refractivity contribution is -0.0948. The average Bonchev–Trinajstić information content (AvgIpc) is 2.86. The summed E-state index contributed by atoms with van der Waals surface area (Å²) in [6.45, 7) is 2.02. The van der Waals surface area contributed by atoms with Gasteiger partial charge in [-0.05, 0) is 12.8 Å². The minimum absolute atomic E-state index is 0.0212. The smallest absolute Gasteiger partial charge is 0.214 e. The van der Waals surface area contributed by atoms with Gasteiger partial charge in [-0.15, -0.1) is 0 Å². The summed E-state index contributed by atoms with van der Waals surface area (Å²) in [5.41, 5.74) is -0.711. The van der Waals surface area contributed by atoms with E-state index in [0.717, 1.165) is 19.3 Å². The van der Waals surface area contributed by atoms with Crippen molar-refractivity contribution < 1.29 is 23.7 Å². The van der Waals surface area contributed by atoms with Crippen molar-refractivity contribution >= 4 is 17.4 Å². The first-order chi connectivity index (χ1) is 11.0. The molecule has 0 N–H and O–H groups in total. The zero-order valence-electron chi connectivity index (χ0n) is 13.8. The molecule has 1 saturated carbocycles. The summed E-state index contributed by atoms with van der Waals surface area (Å²) in [7, 11) is 4.65. The topological polar surface area (TPSA) is 54.0 Å². The number of ether oxygens (including phenoxy) is 4. The zero-order valence-corrected chi connectivity index (χ0v) is 14.5. The number of methoxy groups -OCH3 is 3. The number of Topliss-reactive ketones (excluding diaryl/α,β-unsaturated/α-hetero) is 1. The van der Waals surface area contributed by atoms with Gasteiger partial charge in [-0.3, -0.25) is 4.79 Å². The quantitative estimate of drug-likeness (QED) is 0.842. The number of carbonyl (C=O) groups is 1. The van der Waals surface area contributed by atoms with Crippen LogP contribution in [0, 0.1) is 5.92 Å². The lowest BCUT2D eigenvalue weighted by Crippen LogP contribution is -2.58. The highest BCUT2D eigenvalue weighted by Gasteiger charge is 2.60. The number of benzene rings is 1. The zero-order chi connectivity index (χ0) is 16.8. The van der Waals surface area contributed by atoms with Gasteiger partial charge in [0.1, 0.15) is 11.9 Å². The van der Waals surface area contributed by atoms with Crippen LogP contribution in [0.5, 0.6) is 17.2 Å². The summed E-state index contributed by atoms with van der Waals surface area (Å²) in [6, 6.07) is 1.64. The lowest BCUT2D eigenvalue weighted by atomic mass is 9.71. The number of hydrogen-bond acceptors (Lipinski definition) is 5. The van der Waals surface area contributed by atoms with Crippen molar-refractivity contribution in [3.05, 3.63) is 16.7 Å². The minimum atomic E-state index is -1.04. The highest BCUT2D eigenvalue weighted by atomic mass is 35.5. The number of halogens is 1. The standard InChI is InChI=1S/C17H21ClO5/c1-9-6-5-7-12(22-4)17(9)16(19)13-14(18)10(20-2)8-11(21-3)15(13)23-17/h8-9,12H,5-7H2,1-4H3/t9-,12?,17+/m1/s1. The molecule has 0 bridgehead atoms. The maximum absolute atomic E-state index is 13.3. The van der Waals surface area contributed by atoms with Crippen LogP contribution in [-0.2, 0) is 4.74 Å². The minimum Gasteiger partial charge on any atom is -0.495 e. The maximum Gasteiger partial charge on any atom is 0.214 e. The van der Waals surface area contributed by atoms with Crippen LogP contribution in [0.3, 0.4) is 0 Å². The summed E-state index contributed by atoms with van der Waals surface area (Å²) >= 11 is 6.40. The summed E-state index contributed by atoms with van der Waals surface area (Å²) in [5, 5.41) is 0.262. The molecular formula is C17H21ClO5. The molecule has 0 aromatic heterocycles. The highest BCUT2D eigenvalue weighted by Crippen LogP contribution is 2.54. The third-order valence-corrected chi connectivity index (χ3v) is 5.42. The van der Waals surface area contributed by atoms with E-state index in [1.165, 1.54) is 14.2 Å². The van der Waals surface area contributed by atoms with Crippen LogP contribution < -0.4 is 14.2 Å². The molecule has 1 heterocycles. The predicted molar refractivity (Wildman–Crippen MR) is 86.1 cm³/mol. The highest BCUT2D eigenvalue weighted by molar-refractivity contribution is 6.37. The predicted octanol–water partition coefficient (Wildman–Crippen LogP) is 3.51. The van der Waals surface area contributed by atoms with Gasteiger partial charge in [0, 0.05) is 19.1 Å². The number of rotatable bonds is 3. The monoisotopic (exact) mass is 340 g/mol. The Morgan fingerprint density at radius 2 is 1.91 bits per heavy atom. The van der Waals surface area contributed by atoms with Gasteiger partial charge in [0.05, 0.1) is 24.8 Å². The first-order valence-corrected chi connectivity index (χ1v) is 8.10. The number of carbonyl (C=O) groups excluding carboxylic acids is 1. The van der Waals surface area contributed by atoms with Crippen LogP contribution in [0.2, 0.25) is 5.02 Å². The Labute approximate surface area is 140 Å². The van der Waals surface area contributed by atoms with Gasteiger partial charge < -0.3 is 18.9 Å². The van der Waals surface area contributed by atoms with Crippen LogP contribution in [0.25, 0.3) is 0 Å². The molecule has 1 aliphatic carbocycles. The second-order valence-corrected chi connectivity index (χ2v) is 6.46. The molecule has 1 spiro atoms. The maximum atomic E-state index is 13.3. The van der Waals surface area contributed by atoms with E-state index in [2.05, 4.69) is 0 Å². The third-order valence-electron chi connectivity index (χ3n) is 5.04. The van der Waals surface area contributed by atoms with E-state index in [-0.39, 0.29) is 22.8 Å². The van der Waals surface area contributed by atoms with Crippen molar-refractivity contribution in [3.63, 3.8) is 0 Å². The third kappa shape index (κ3) is 2.13. The van der Waals surface area contributed by atoms with Crippen LogP contribution >= 0.6 is 11.6 Å². The largest absolute Gasteiger partial charge is 0.495 e. The van der Waals surface area contributed by atoms with E-state index in [9.17, 15) is 4.79 Å². The van der Waals surface area contributed by atoms with Crippen molar-refractivity contribution in [2.75, 3.05) is 21.3 Å². The van der Waals surface area contributed by atoms with E-state index in [1.54, 1.807) is 13.2 Å². The van der Waals surface area contributed by atoms with E-state index in [0.29, 0.717) is 22.8 Å². The summed E-state index contributed by atoms with van der Waals surface area (Å²) in [4.78, 5) is 13.3. The molecule has 2 aliphatic rings. The van der Waals surface area contributed by atoms with Crippen molar-refractivity contribution in [1.82, 2.24) is 0 Å². The van der Waals surface area contributed by atoms with Crippen molar-refractivity contribution in [2.45, 2.75) is 37.9 Å². The van der Waals surface area contributed by atoms with E-state index < -0.39 is 5.60 Å². The Hall–Kier alpha value is -1.46. The van der Waals surface area contributed by atoms with E-state index >= 15 is 0 Å². The SMILES string of the molecule is COc1cc(OC)c2c(c1Cl)C(=O)[C@@]1(O2)C(OC)CCC[C@H]1C. The summed E-state index contributed by atoms with van der Waals surface area (Å²) in [5.74, 6) is 1.11. The molecule has 5 nitrogen and oxygen atoms in total. The lowest BCUT2D eigenvalue weighted by Gasteiger charge is -2.42. The van der Waals surface area contributed by atoms with E-state index in [1.807, 2.05) is 6.92 Å².